The highest BCUT2D eigenvalue weighted by atomic mass is 16.1. The van der Waals surface area contributed by atoms with Gasteiger partial charge in [0.1, 0.15) is 5.69 Å². The van der Waals surface area contributed by atoms with Crippen molar-refractivity contribution < 1.29 is 4.79 Å². The number of para-hydroxylation sites is 1. The number of nitrogens with zero attached hydrogens (tertiary/aromatic N) is 3. The molecule has 0 atom stereocenters. The molecule has 0 saturated carbocycles. The van der Waals surface area contributed by atoms with Gasteiger partial charge in [0.05, 0.1) is 11.4 Å². The Balaban J connectivity index is 1.78. The minimum atomic E-state index is -0.0990. The third kappa shape index (κ3) is 3.40. The zero-order chi connectivity index (χ0) is 17.8. The molecule has 0 aliphatic carbocycles. The van der Waals surface area contributed by atoms with Crippen LogP contribution in [0.15, 0.2) is 61.3 Å². The van der Waals surface area contributed by atoms with Gasteiger partial charge in [-0.1, -0.05) is 24.3 Å². The van der Waals surface area contributed by atoms with Gasteiger partial charge in [-0.3, -0.25) is 4.79 Å². The number of benzene rings is 1. The van der Waals surface area contributed by atoms with E-state index >= 15 is 0 Å². The topological polar surface area (TPSA) is 51.9 Å². The molecular formula is C20H22N4O. The van der Waals surface area contributed by atoms with Gasteiger partial charge in [0, 0.05) is 30.5 Å². The van der Waals surface area contributed by atoms with E-state index in [0.29, 0.717) is 18.8 Å². The van der Waals surface area contributed by atoms with Gasteiger partial charge >= 0.3 is 0 Å². The minimum Gasteiger partial charge on any atom is -0.347 e. The smallest absolute Gasteiger partial charge is 0.268 e. The maximum atomic E-state index is 12.5. The van der Waals surface area contributed by atoms with Crippen molar-refractivity contribution in [3.63, 3.8) is 0 Å². The standard InChI is InChI=1S/C20H22N4O/c1-4-12-23-13-8-11-19(23)20(25)21-14-18-15(2)22-24(16(18)3)17-9-6-5-7-10-17/h4-11,13H,1,12,14H2,2-3H3,(H,21,25). The summed E-state index contributed by atoms with van der Waals surface area (Å²) in [6, 6.07) is 13.7. The van der Waals surface area contributed by atoms with E-state index in [1.54, 1.807) is 6.08 Å². The van der Waals surface area contributed by atoms with E-state index < -0.39 is 0 Å². The van der Waals surface area contributed by atoms with Crippen LogP contribution in [0, 0.1) is 13.8 Å². The zero-order valence-electron chi connectivity index (χ0n) is 14.6. The van der Waals surface area contributed by atoms with Gasteiger partial charge in [-0.2, -0.15) is 5.10 Å². The van der Waals surface area contributed by atoms with Crippen molar-refractivity contribution in [1.82, 2.24) is 19.7 Å². The Hall–Kier alpha value is -3.08. The molecule has 1 aromatic carbocycles. The Labute approximate surface area is 147 Å². The third-order valence-corrected chi connectivity index (χ3v) is 4.26. The molecule has 0 spiro atoms. The molecule has 1 N–H and O–H groups in total. The van der Waals surface area contributed by atoms with Crippen molar-refractivity contribution in [2.24, 2.45) is 0 Å². The van der Waals surface area contributed by atoms with Crippen LogP contribution in [0.25, 0.3) is 5.69 Å². The lowest BCUT2D eigenvalue weighted by atomic mass is 10.2. The van der Waals surface area contributed by atoms with Crippen LogP contribution >= 0.6 is 0 Å². The van der Waals surface area contributed by atoms with Crippen LogP contribution in [0.5, 0.6) is 0 Å². The Morgan fingerprint density at radius 2 is 1.96 bits per heavy atom. The Bertz CT molecular complexity index is 890. The maximum absolute atomic E-state index is 12.5. The highest BCUT2D eigenvalue weighted by Crippen LogP contribution is 2.17. The van der Waals surface area contributed by atoms with Crippen LogP contribution in [0.3, 0.4) is 0 Å². The fraction of sp³-hybridized carbons (Fsp3) is 0.200. The average Bonchev–Trinajstić information content (AvgIpc) is 3.19. The number of aryl methyl sites for hydroxylation is 1. The molecule has 0 aliphatic heterocycles. The zero-order valence-corrected chi connectivity index (χ0v) is 14.6. The molecule has 1 amide bonds. The Morgan fingerprint density at radius 1 is 1.20 bits per heavy atom. The van der Waals surface area contributed by atoms with Crippen LogP contribution < -0.4 is 5.32 Å². The predicted octanol–water partition coefficient (Wildman–Crippen LogP) is 3.41. The number of hydrogen-bond acceptors (Lipinski definition) is 2. The first-order chi connectivity index (χ1) is 12.1. The Kier molecular flexibility index (Phi) is 4.84. The monoisotopic (exact) mass is 334 g/mol. The minimum absolute atomic E-state index is 0.0990. The largest absolute Gasteiger partial charge is 0.347 e. The molecule has 0 unspecified atom stereocenters. The summed E-state index contributed by atoms with van der Waals surface area (Å²) in [5, 5.41) is 7.61. The summed E-state index contributed by atoms with van der Waals surface area (Å²) in [5.41, 5.74) is 4.64. The molecule has 0 aliphatic rings. The third-order valence-electron chi connectivity index (χ3n) is 4.26. The molecule has 25 heavy (non-hydrogen) atoms. The molecule has 2 aromatic heterocycles. The van der Waals surface area contributed by atoms with Crippen molar-refractivity contribution in [2.45, 2.75) is 26.9 Å². The summed E-state index contributed by atoms with van der Waals surface area (Å²) in [4.78, 5) is 12.5. The SMILES string of the molecule is C=CCn1cccc1C(=O)NCc1c(C)nn(-c2ccccc2)c1C. The molecule has 0 fully saturated rings. The predicted molar refractivity (Wildman–Crippen MR) is 98.8 cm³/mol. The molecule has 0 radical (unpaired) electrons. The summed E-state index contributed by atoms with van der Waals surface area (Å²) in [5.74, 6) is -0.0990. The maximum Gasteiger partial charge on any atom is 0.268 e. The van der Waals surface area contributed by atoms with E-state index in [4.69, 9.17) is 0 Å². The van der Waals surface area contributed by atoms with Crippen LogP contribution in [-0.4, -0.2) is 20.3 Å². The number of carbonyl (C=O) groups is 1. The second kappa shape index (κ2) is 7.21. The summed E-state index contributed by atoms with van der Waals surface area (Å²) in [6.45, 7) is 8.77. The summed E-state index contributed by atoms with van der Waals surface area (Å²) < 4.78 is 3.78. The van der Waals surface area contributed by atoms with Crippen molar-refractivity contribution in [3.05, 3.63) is 84.0 Å². The quantitative estimate of drug-likeness (QED) is 0.702. The van der Waals surface area contributed by atoms with Crippen LogP contribution in [0.4, 0.5) is 0 Å². The van der Waals surface area contributed by atoms with Gasteiger partial charge in [-0.15, -0.1) is 6.58 Å². The summed E-state index contributed by atoms with van der Waals surface area (Å²) in [6.07, 6.45) is 3.65. The fourth-order valence-electron chi connectivity index (χ4n) is 2.93. The number of allylic oxidation sites excluding steroid dienone is 1. The van der Waals surface area contributed by atoms with Crippen LogP contribution in [0.1, 0.15) is 27.4 Å². The van der Waals surface area contributed by atoms with Crippen molar-refractivity contribution >= 4 is 5.91 Å². The number of amides is 1. The van der Waals surface area contributed by atoms with Crippen molar-refractivity contribution in [2.75, 3.05) is 0 Å². The number of carbonyl (C=O) groups excluding carboxylic acids is 1. The van der Waals surface area contributed by atoms with E-state index in [1.165, 1.54) is 0 Å². The second-order valence-corrected chi connectivity index (χ2v) is 5.91. The van der Waals surface area contributed by atoms with Gasteiger partial charge in [0.2, 0.25) is 0 Å². The van der Waals surface area contributed by atoms with E-state index in [1.807, 2.05) is 71.8 Å². The molecule has 0 bridgehead atoms. The highest BCUT2D eigenvalue weighted by Gasteiger charge is 2.15. The molecule has 128 valence electrons. The molecule has 3 rings (SSSR count). The molecule has 2 heterocycles. The summed E-state index contributed by atoms with van der Waals surface area (Å²) >= 11 is 0. The first kappa shape index (κ1) is 16.8. The molecule has 0 saturated heterocycles. The number of aromatic nitrogens is 3. The Morgan fingerprint density at radius 3 is 2.68 bits per heavy atom. The van der Waals surface area contributed by atoms with E-state index in [9.17, 15) is 4.79 Å². The number of nitrogens with one attached hydrogen (secondary N) is 1. The first-order valence-electron chi connectivity index (χ1n) is 8.26. The number of rotatable bonds is 6. The van der Waals surface area contributed by atoms with E-state index in [0.717, 1.165) is 22.6 Å². The molecular weight excluding hydrogens is 312 g/mol. The number of hydrogen-bond donors (Lipinski definition) is 1. The van der Waals surface area contributed by atoms with Crippen LogP contribution in [0.2, 0.25) is 0 Å². The van der Waals surface area contributed by atoms with Gasteiger partial charge in [0.25, 0.3) is 5.91 Å². The normalized spacial score (nSPS) is 10.6. The lowest BCUT2D eigenvalue weighted by molar-refractivity contribution is 0.0942. The van der Waals surface area contributed by atoms with Crippen molar-refractivity contribution in [3.8, 4) is 5.69 Å². The average molecular weight is 334 g/mol. The highest BCUT2D eigenvalue weighted by molar-refractivity contribution is 5.92. The van der Waals surface area contributed by atoms with Gasteiger partial charge < -0.3 is 9.88 Å². The molecule has 3 aromatic rings. The van der Waals surface area contributed by atoms with E-state index in [-0.39, 0.29) is 5.91 Å². The molecule has 5 nitrogen and oxygen atoms in total. The van der Waals surface area contributed by atoms with Gasteiger partial charge in [0.15, 0.2) is 0 Å². The van der Waals surface area contributed by atoms with E-state index in [2.05, 4.69) is 17.0 Å². The lowest BCUT2D eigenvalue weighted by Gasteiger charge is -2.09. The summed E-state index contributed by atoms with van der Waals surface area (Å²) in [7, 11) is 0. The lowest BCUT2D eigenvalue weighted by Crippen LogP contribution is -2.25. The van der Waals surface area contributed by atoms with Crippen molar-refractivity contribution in [1.29, 1.82) is 0 Å². The van der Waals surface area contributed by atoms with Gasteiger partial charge in [-0.25, -0.2) is 4.68 Å². The molecule has 5 heteroatoms. The fourth-order valence-corrected chi connectivity index (χ4v) is 2.93. The van der Waals surface area contributed by atoms with Gasteiger partial charge in [-0.05, 0) is 38.1 Å². The van der Waals surface area contributed by atoms with Crippen LogP contribution in [-0.2, 0) is 13.1 Å². The second-order valence-electron chi connectivity index (χ2n) is 5.91. The first-order valence-corrected chi connectivity index (χ1v) is 8.26.